The van der Waals surface area contributed by atoms with Crippen LogP contribution in [0, 0.1) is 18.8 Å². The molecule has 2 nitrogen and oxygen atoms in total. The molecule has 51 heavy (non-hydrogen) atoms. The van der Waals surface area contributed by atoms with E-state index in [0.717, 1.165) is 25.7 Å². The van der Waals surface area contributed by atoms with Crippen LogP contribution in [0.4, 0.5) is 17.1 Å². The Labute approximate surface area is 306 Å². The third-order valence-electron chi connectivity index (χ3n) is 11.3. The van der Waals surface area contributed by atoms with E-state index >= 15 is 0 Å². The van der Waals surface area contributed by atoms with Crippen molar-refractivity contribution in [3.05, 3.63) is 149 Å². The van der Waals surface area contributed by atoms with Crippen LogP contribution in [-0.2, 0) is 0 Å². The Morgan fingerprint density at radius 3 is 1.73 bits per heavy atom. The number of hydrogen-bond donors (Lipinski definition) is 0. The predicted molar refractivity (Wildman–Crippen MR) is 224 cm³/mol. The summed E-state index contributed by atoms with van der Waals surface area (Å²) in [6.07, 6.45) is 20.6. The molecule has 0 saturated carbocycles. The Bertz CT molecular complexity index is 2250. The first-order valence-corrected chi connectivity index (χ1v) is 19.1. The van der Waals surface area contributed by atoms with E-state index in [1.54, 1.807) is 0 Å². The van der Waals surface area contributed by atoms with Crippen molar-refractivity contribution < 1.29 is 0 Å². The smallest absolute Gasteiger partial charge is 0.0543 e. The van der Waals surface area contributed by atoms with Gasteiger partial charge in [0, 0.05) is 39.6 Å². The molecule has 2 aliphatic rings. The van der Waals surface area contributed by atoms with Crippen molar-refractivity contribution in [1.82, 2.24) is 0 Å². The van der Waals surface area contributed by atoms with Gasteiger partial charge in [0.05, 0.1) is 5.69 Å². The maximum atomic E-state index is 2.61. The van der Waals surface area contributed by atoms with Gasteiger partial charge in [-0.1, -0.05) is 129 Å². The largest absolute Gasteiger partial charge is 0.338 e. The summed E-state index contributed by atoms with van der Waals surface area (Å²) in [5.74, 6) is 1.14. The van der Waals surface area contributed by atoms with E-state index in [1.165, 1.54) is 83.1 Å². The summed E-state index contributed by atoms with van der Waals surface area (Å²) >= 11 is 0. The number of anilines is 3. The third kappa shape index (κ3) is 6.69. The first-order valence-electron chi connectivity index (χ1n) is 19.1. The van der Waals surface area contributed by atoms with Crippen LogP contribution in [0.25, 0.3) is 32.3 Å². The molecule has 0 spiro atoms. The van der Waals surface area contributed by atoms with Gasteiger partial charge >= 0.3 is 0 Å². The van der Waals surface area contributed by atoms with Crippen molar-refractivity contribution >= 4 is 49.4 Å². The van der Waals surface area contributed by atoms with Gasteiger partial charge in [-0.25, -0.2) is 0 Å². The number of rotatable bonds is 10. The summed E-state index contributed by atoms with van der Waals surface area (Å²) in [5.41, 5.74) is 12.1. The minimum atomic E-state index is 0.181. The first-order chi connectivity index (χ1) is 24.6. The van der Waals surface area contributed by atoms with Gasteiger partial charge in [-0.15, -0.1) is 0 Å². The number of nitrogens with zero attached hydrogens (tertiary/aromatic N) is 2. The van der Waals surface area contributed by atoms with Crippen LogP contribution in [0.2, 0.25) is 0 Å². The summed E-state index contributed by atoms with van der Waals surface area (Å²) in [4.78, 5) is 5.15. The summed E-state index contributed by atoms with van der Waals surface area (Å²) in [5, 5.41) is 7.89. The maximum absolute atomic E-state index is 2.61. The second-order valence-electron chi connectivity index (χ2n) is 15.4. The van der Waals surface area contributed by atoms with Crippen molar-refractivity contribution in [2.75, 3.05) is 9.80 Å². The van der Waals surface area contributed by atoms with Gasteiger partial charge in [0.2, 0.25) is 0 Å². The molecule has 7 rings (SSSR count). The van der Waals surface area contributed by atoms with Crippen molar-refractivity contribution in [3.8, 4) is 0 Å². The maximum Gasteiger partial charge on any atom is 0.0543 e. The zero-order valence-electron chi connectivity index (χ0n) is 31.9. The fourth-order valence-electron chi connectivity index (χ4n) is 8.10. The van der Waals surface area contributed by atoms with Crippen molar-refractivity contribution in [2.45, 2.75) is 87.1 Å². The lowest BCUT2D eigenvalue weighted by Crippen LogP contribution is -2.32. The molecule has 0 aliphatic heterocycles. The molecule has 5 aromatic rings. The number of benzene rings is 5. The van der Waals surface area contributed by atoms with Gasteiger partial charge in [-0.3, -0.25) is 0 Å². The van der Waals surface area contributed by atoms with Gasteiger partial charge < -0.3 is 9.80 Å². The molecule has 0 heterocycles. The van der Waals surface area contributed by atoms with Crippen LogP contribution in [-0.4, -0.2) is 6.04 Å². The predicted octanol–water partition coefficient (Wildman–Crippen LogP) is 14.3. The molecule has 1 unspecified atom stereocenters. The number of aryl methyl sites for hydroxylation is 1. The Morgan fingerprint density at radius 1 is 0.647 bits per heavy atom. The summed E-state index contributed by atoms with van der Waals surface area (Å²) in [7, 11) is 0. The minimum Gasteiger partial charge on any atom is -0.338 e. The van der Waals surface area contributed by atoms with E-state index in [0.29, 0.717) is 11.8 Å². The molecule has 0 N–H and O–H groups in total. The summed E-state index contributed by atoms with van der Waals surface area (Å²) in [6.45, 7) is 18.1. The third-order valence-corrected chi connectivity index (χ3v) is 11.3. The van der Waals surface area contributed by atoms with E-state index < -0.39 is 0 Å². The SMILES string of the molecule is C/C=C(C)\C=C/C(C)N(C1=CC=C(C(C)C)CC1)c1cc2cccc3c(N(C4=CC=C(C(C)C)CC4)c4ccc(C)cc4)cc4cccc1c4c23. The Balaban J connectivity index is 1.46. The molecule has 0 amide bonds. The fraction of sp³-hybridized carbons (Fsp3) is 0.306. The quantitative estimate of drug-likeness (QED) is 0.108. The Morgan fingerprint density at radius 2 is 1.20 bits per heavy atom. The highest BCUT2D eigenvalue weighted by molar-refractivity contribution is 6.29. The van der Waals surface area contributed by atoms with Crippen LogP contribution in [0.5, 0.6) is 0 Å². The van der Waals surface area contributed by atoms with Crippen molar-refractivity contribution in [1.29, 1.82) is 0 Å². The van der Waals surface area contributed by atoms with Gasteiger partial charge in [0.15, 0.2) is 0 Å². The average molecular weight is 671 g/mol. The van der Waals surface area contributed by atoms with E-state index in [9.17, 15) is 0 Å². The van der Waals surface area contributed by atoms with Gasteiger partial charge in [0.25, 0.3) is 0 Å². The van der Waals surface area contributed by atoms with Crippen LogP contribution >= 0.6 is 0 Å². The van der Waals surface area contributed by atoms with Gasteiger partial charge in [-0.05, 0) is 123 Å². The lowest BCUT2D eigenvalue weighted by atomic mass is 9.89. The average Bonchev–Trinajstić information content (AvgIpc) is 3.14. The fourth-order valence-corrected chi connectivity index (χ4v) is 8.10. The van der Waals surface area contributed by atoms with E-state index in [-0.39, 0.29) is 6.04 Å². The molecular formula is C49H54N2. The highest BCUT2D eigenvalue weighted by atomic mass is 15.2. The summed E-state index contributed by atoms with van der Waals surface area (Å²) in [6, 6.07) is 28.0. The molecule has 5 aromatic carbocycles. The van der Waals surface area contributed by atoms with E-state index in [2.05, 4.69) is 181 Å². The lowest BCUT2D eigenvalue weighted by molar-refractivity contribution is 0.679. The second kappa shape index (κ2) is 14.4. The topological polar surface area (TPSA) is 6.48 Å². The molecule has 2 aliphatic carbocycles. The second-order valence-corrected chi connectivity index (χ2v) is 15.4. The highest BCUT2D eigenvalue weighted by Crippen LogP contribution is 2.48. The van der Waals surface area contributed by atoms with Crippen LogP contribution in [0.1, 0.15) is 79.7 Å². The normalized spacial score (nSPS) is 16.3. The molecular weight excluding hydrogens is 617 g/mol. The van der Waals surface area contributed by atoms with Crippen LogP contribution < -0.4 is 9.80 Å². The minimum absolute atomic E-state index is 0.181. The van der Waals surface area contributed by atoms with Crippen LogP contribution in [0.3, 0.4) is 0 Å². The van der Waals surface area contributed by atoms with Gasteiger partial charge in [-0.2, -0.15) is 0 Å². The number of hydrogen-bond acceptors (Lipinski definition) is 2. The molecule has 0 saturated heterocycles. The molecule has 0 aromatic heterocycles. The summed E-state index contributed by atoms with van der Waals surface area (Å²) < 4.78 is 0. The highest BCUT2D eigenvalue weighted by Gasteiger charge is 2.26. The standard InChI is InChI=1S/C49H54N2/c1-9-34(6)16-19-36(8)50(41-26-20-37(21-27-41)32(2)3)46-30-39-12-11-15-45-47(31-40-13-10-14-44(46)48(40)49(39)45)51(42-24-17-35(7)18-25-42)43-28-22-38(23-29-43)33(4)5/h9-20,22,24-26,28,30-33,36H,21,23,27,29H2,1-8H3/b19-16-,34-9-. The van der Waals surface area contributed by atoms with Gasteiger partial charge in [0.1, 0.15) is 0 Å². The van der Waals surface area contributed by atoms with Crippen molar-refractivity contribution in [3.63, 3.8) is 0 Å². The van der Waals surface area contributed by atoms with Crippen molar-refractivity contribution in [2.24, 2.45) is 11.8 Å². The first kappa shape index (κ1) is 34.6. The molecule has 260 valence electrons. The molecule has 0 radical (unpaired) electrons. The van der Waals surface area contributed by atoms with E-state index in [4.69, 9.17) is 0 Å². The van der Waals surface area contributed by atoms with Crippen LogP contribution in [0.15, 0.2) is 143 Å². The monoisotopic (exact) mass is 670 g/mol. The molecule has 0 bridgehead atoms. The Hall–Kier alpha value is -4.82. The van der Waals surface area contributed by atoms with E-state index in [1.807, 2.05) is 0 Å². The zero-order chi connectivity index (χ0) is 35.8. The zero-order valence-corrected chi connectivity index (χ0v) is 31.9. The molecule has 0 fully saturated rings. The molecule has 1 atom stereocenters. The Kier molecular flexibility index (Phi) is 9.79. The number of allylic oxidation sites excluding steroid dienone is 11. The lowest BCUT2D eigenvalue weighted by Gasteiger charge is -2.36. The molecule has 2 heteroatoms.